The van der Waals surface area contributed by atoms with Crippen LogP contribution in [0.15, 0.2) is 65.1 Å². The van der Waals surface area contributed by atoms with E-state index in [9.17, 15) is 10.0 Å². The minimum absolute atomic E-state index is 0.316. The summed E-state index contributed by atoms with van der Waals surface area (Å²) in [6, 6.07) is 19.1. The summed E-state index contributed by atoms with van der Waals surface area (Å²) in [5.41, 5.74) is 2.21. The van der Waals surface area contributed by atoms with Crippen molar-refractivity contribution >= 4 is 34.5 Å². The Bertz CT molecular complexity index is 973. The topological polar surface area (TPSA) is 66.5 Å². The van der Waals surface area contributed by atoms with Gasteiger partial charge >= 0.3 is 7.12 Å². The Kier molecular flexibility index (Phi) is 2.96. The van der Waals surface area contributed by atoms with Gasteiger partial charge in [0.2, 0.25) is 5.89 Å². The first-order valence-electron chi connectivity index (χ1n) is 6.98. The monoisotopic (exact) mass is 289 g/mol. The molecule has 0 spiro atoms. The summed E-state index contributed by atoms with van der Waals surface area (Å²) in [7, 11) is -1.59. The van der Waals surface area contributed by atoms with Crippen LogP contribution >= 0.6 is 0 Å². The third-order valence-corrected chi connectivity index (χ3v) is 3.74. The molecule has 0 saturated heterocycles. The molecule has 4 rings (SSSR count). The molecule has 1 aromatic heterocycles. The van der Waals surface area contributed by atoms with Crippen molar-refractivity contribution in [2.75, 3.05) is 0 Å². The predicted octanol–water partition coefficient (Wildman–Crippen LogP) is 2.33. The van der Waals surface area contributed by atoms with Crippen molar-refractivity contribution in [2.24, 2.45) is 0 Å². The molecule has 0 aliphatic carbocycles. The van der Waals surface area contributed by atoms with Crippen LogP contribution in [0.25, 0.3) is 33.3 Å². The van der Waals surface area contributed by atoms with E-state index in [1.165, 1.54) is 0 Å². The molecule has 0 aliphatic rings. The molecular weight excluding hydrogens is 277 g/mol. The highest BCUT2D eigenvalue weighted by Crippen LogP contribution is 2.29. The first-order valence-corrected chi connectivity index (χ1v) is 6.98. The first-order chi connectivity index (χ1) is 10.7. The molecule has 2 N–H and O–H groups in total. The van der Waals surface area contributed by atoms with E-state index in [2.05, 4.69) is 4.98 Å². The predicted molar refractivity (Wildman–Crippen MR) is 86.8 cm³/mol. The summed E-state index contributed by atoms with van der Waals surface area (Å²) in [5, 5.41) is 21.0. The fourth-order valence-corrected chi connectivity index (χ4v) is 2.70. The van der Waals surface area contributed by atoms with E-state index in [-0.39, 0.29) is 0 Å². The van der Waals surface area contributed by atoms with Crippen LogP contribution in [0.3, 0.4) is 0 Å². The molecule has 0 bridgehead atoms. The highest BCUT2D eigenvalue weighted by molar-refractivity contribution is 6.61. The second-order valence-corrected chi connectivity index (χ2v) is 5.11. The highest BCUT2D eigenvalue weighted by Gasteiger charge is 2.19. The van der Waals surface area contributed by atoms with E-state index >= 15 is 0 Å². The van der Waals surface area contributed by atoms with E-state index in [1.54, 1.807) is 18.2 Å². The zero-order valence-electron chi connectivity index (χ0n) is 11.6. The van der Waals surface area contributed by atoms with Crippen LogP contribution in [0.4, 0.5) is 0 Å². The van der Waals surface area contributed by atoms with Crippen LogP contribution in [0.2, 0.25) is 0 Å². The minimum atomic E-state index is -1.59. The summed E-state index contributed by atoms with van der Waals surface area (Å²) in [4.78, 5) is 4.49. The van der Waals surface area contributed by atoms with Crippen molar-refractivity contribution in [1.29, 1.82) is 0 Å². The maximum atomic E-state index is 9.44. The van der Waals surface area contributed by atoms with Crippen molar-refractivity contribution < 1.29 is 14.5 Å². The zero-order chi connectivity index (χ0) is 15.1. The average molecular weight is 289 g/mol. The Morgan fingerprint density at radius 1 is 0.864 bits per heavy atom. The second kappa shape index (κ2) is 4.98. The normalized spacial score (nSPS) is 11.2. The number of fused-ring (bicyclic) bond motifs is 2. The molecule has 0 fully saturated rings. The molecule has 3 aromatic carbocycles. The lowest BCUT2D eigenvalue weighted by Crippen LogP contribution is -2.30. The van der Waals surface area contributed by atoms with Crippen LogP contribution in [0.1, 0.15) is 0 Å². The standard InChI is InChI=1S/C17H12BNO3/c20-18(21)14-9-4-10-15-16(14)22-17(19-15)13-8-3-6-11-5-1-2-7-12(11)13/h1-10,20-21H. The lowest BCUT2D eigenvalue weighted by molar-refractivity contribution is 0.425. The van der Waals surface area contributed by atoms with Crippen LogP contribution < -0.4 is 5.46 Å². The molecule has 0 aliphatic heterocycles. The summed E-state index contributed by atoms with van der Waals surface area (Å²) >= 11 is 0. The summed E-state index contributed by atoms with van der Waals surface area (Å²) < 4.78 is 5.82. The van der Waals surface area contributed by atoms with Gasteiger partial charge in [-0.1, -0.05) is 48.5 Å². The maximum absolute atomic E-state index is 9.44. The Morgan fingerprint density at radius 3 is 2.50 bits per heavy atom. The zero-order valence-corrected chi connectivity index (χ0v) is 11.6. The van der Waals surface area contributed by atoms with Gasteiger partial charge in [-0.2, -0.15) is 0 Å². The molecule has 1 heterocycles. The number of nitrogens with zero attached hydrogens (tertiary/aromatic N) is 1. The molecule has 106 valence electrons. The van der Waals surface area contributed by atoms with Gasteiger partial charge in [0.25, 0.3) is 0 Å². The van der Waals surface area contributed by atoms with Crippen LogP contribution in [-0.2, 0) is 0 Å². The minimum Gasteiger partial charge on any atom is -0.436 e. The fraction of sp³-hybridized carbons (Fsp3) is 0. The van der Waals surface area contributed by atoms with E-state index in [4.69, 9.17) is 4.42 Å². The molecule has 0 unspecified atom stereocenters. The maximum Gasteiger partial charge on any atom is 0.492 e. The van der Waals surface area contributed by atoms with Gasteiger partial charge in [0.15, 0.2) is 5.58 Å². The van der Waals surface area contributed by atoms with Crippen molar-refractivity contribution in [3.05, 3.63) is 60.7 Å². The number of benzene rings is 3. The number of hydrogen-bond acceptors (Lipinski definition) is 4. The third kappa shape index (κ3) is 1.99. The van der Waals surface area contributed by atoms with E-state index in [0.717, 1.165) is 16.3 Å². The van der Waals surface area contributed by atoms with Gasteiger partial charge in [0.1, 0.15) is 5.52 Å². The van der Waals surface area contributed by atoms with Gasteiger partial charge in [0, 0.05) is 11.0 Å². The summed E-state index contributed by atoms with van der Waals surface area (Å²) in [6.45, 7) is 0. The van der Waals surface area contributed by atoms with E-state index < -0.39 is 7.12 Å². The van der Waals surface area contributed by atoms with Crippen molar-refractivity contribution in [3.63, 3.8) is 0 Å². The molecular formula is C17H12BNO3. The van der Waals surface area contributed by atoms with Crippen molar-refractivity contribution in [3.8, 4) is 11.5 Å². The Labute approximate surface area is 126 Å². The smallest absolute Gasteiger partial charge is 0.436 e. The largest absolute Gasteiger partial charge is 0.492 e. The van der Waals surface area contributed by atoms with Crippen molar-refractivity contribution in [2.45, 2.75) is 0 Å². The lowest BCUT2D eigenvalue weighted by Gasteiger charge is -2.02. The quantitative estimate of drug-likeness (QED) is 0.556. The summed E-state index contributed by atoms with van der Waals surface area (Å²) in [6.07, 6.45) is 0. The van der Waals surface area contributed by atoms with Gasteiger partial charge in [-0.25, -0.2) is 4.98 Å². The number of oxazole rings is 1. The van der Waals surface area contributed by atoms with Gasteiger partial charge in [-0.3, -0.25) is 0 Å². The van der Waals surface area contributed by atoms with Crippen LogP contribution in [-0.4, -0.2) is 22.2 Å². The van der Waals surface area contributed by atoms with Gasteiger partial charge in [-0.15, -0.1) is 0 Å². The fourth-order valence-electron chi connectivity index (χ4n) is 2.70. The molecule has 0 atom stereocenters. The molecule has 0 radical (unpaired) electrons. The van der Waals surface area contributed by atoms with Crippen molar-refractivity contribution in [1.82, 2.24) is 4.98 Å². The number of rotatable bonds is 2. The van der Waals surface area contributed by atoms with Gasteiger partial charge in [-0.05, 0) is 22.9 Å². The Hall–Kier alpha value is -2.63. The molecule has 0 saturated carbocycles. The second-order valence-electron chi connectivity index (χ2n) is 5.11. The van der Waals surface area contributed by atoms with Gasteiger partial charge < -0.3 is 14.5 Å². The lowest BCUT2D eigenvalue weighted by atomic mass is 9.80. The number of para-hydroxylation sites is 1. The van der Waals surface area contributed by atoms with Crippen LogP contribution in [0.5, 0.6) is 0 Å². The molecule has 0 amide bonds. The molecule has 22 heavy (non-hydrogen) atoms. The highest BCUT2D eigenvalue weighted by atomic mass is 16.4. The Morgan fingerprint density at radius 2 is 1.64 bits per heavy atom. The number of aromatic nitrogens is 1. The third-order valence-electron chi connectivity index (χ3n) is 3.74. The summed E-state index contributed by atoms with van der Waals surface area (Å²) in [5.74, 6) is 0.472. The SMILES string of the molecule is OB(O)c1cccc2nc(-c3cccc4ccccc34)oc12. The van der Waals surface area contributed by atoms with Gasteiger partial charge in [0.05, 0.1) is 0 Å². The Balaban J connectivity index is 1.99. The number of hydrogen-bond donors (Lipinski definition) is 2. The first kappa shape index (κ1) is 13.1. The molecule has 5 heteroatoms. The van der Waals surface area contributed by atoms with E-state index in [1.807, 2.05) is 42.5 Å². The van der Waals surface area contributed by atoms with E-state index in [0.29, 0.717) is 22.5 Å². The average Bonchev–Trinajstić information content (AvgIpc) is 2.97. The van der Waals surface area contributed by atoms with Crippen LogP contribution in [0, 0.1) is 0 Å². The molecule has 4 nitrogen and oxygen atoms in total. The molecule has 4 aromatic rings.